The summed E-state index contributed by atoms with van der Waals surface area (Å²) in [7, 11) is 0. The van der Waals surface area contributed by atoms with Crippen molar-refractivity contribution in [3.63, 3.8) is 0 Å². The molecule has 0 aliphatic heterocycles. The van der Waals surface area contributed by atoms with Crippen LogP contribution in [0.15, 0.2) is 48.5 Å². The van der Waals surface area contributed by atoms with Crippen LogP contribution in [0.1, 0.15) is 29.8 Å². The largest absolute Gasteiger partial charge is 0.346 e. The second-order valence-electron chi connectivity index (χ2n) is 6.83. The highest BCUT2D eigenvalue weighted by Crippen LogP contribution is 2.20. The van der Waals surface area contributed by atoms with Crippen LogP contribution in [-0.4, -0.2) is 30.3 Å². The van der Waals surface area contributed by atoms with E-state index in [0.717, 1.165) is 0 Å². The maximum Gasteiger partial charge on any atom is 0.256 e. The third-order valence-electron chi connectivity index (χ3n) is 4.33. The number of benzene rings is 2. The third-order valence-corrected chi connectivity index (χ3v) is 4.33. The molecule has 0 aromatic heterocycles. The Balaban J connectivity index is 0.00000420. The maximum atomic E-state index is 12.5. The van der Waals surface area contributed by atoms with Gasteiger partial charge < -0.3 is 21.7 Å². The number of carbonyl (C=O) groups is 3. The van der Waals surface area contributed by atoms with Crippen LogP contribution in [0.2, 0.25) is 0 Å². The molecule has 0 saturated heterocycles. The van der Waals surface area contributed by atoms with Gasteiger partial charge in [0.15, 0.2) is 0 Å². The summed E-state index contributed by atoms with van der Waals surface area (Å²) in [5, 5.41) is 8.06. The van der Waals surface area contributed by atoms with Crippen LogP contribution in [0.5, 0.6) is 0 Å². The summed E-state index contributed by atoms with van der Waals surface area (Å²) in [6.07, 6.45) is 0. The van der Waals surface area contributed by atoms with E-state index in [9.17, 15) is 14.4 Å². The van der Waals surface area contributed by atoms with Crippen molar-refractivity contribution in [1.29, 1.82) is 0 Å². The number of halogens is 1. The summed E-state index contributed by atoms with van der Waals surface area (Å²) < 4.78 is 0. The molecular formula is C21H27ClN4O3. The Morgan fingerprint density at radius 2 is 1.62 bits per heavy atom. The first kappa shape index (κ1) is 24.1. The SMILES string of the molecule is Cc1c(NC(=O)CNC(=O)[C@@H](N)C(C)C)cccc1C(=O)Nc1ccccc1.Cl. The molecule has 0 heterocycles. The molecule has 156 valence electrons. The zero-order valence-electron chi connectivity index (χ0n) is 16.7. The Labute approximate surface area is 176 Å². The van der Waals surface area contributed by atoms with Gasteiger partial charge in [-0.25, -0.2) is 0 Å². The minimum Gasteiger partial charge on any atom is -0.346 e. The van der Waals surface area contributed by atoms with Crippen LogP contribution in [0.25, 0.3) is 0 Å². The van der Waals surface area contributed by atoms with Crippen LogP contribution < -0.4 is 21.7 Å². The van der Waals surface area contributed by atoms with Gasteiger partial charge in [0.05, 0.1) is 12.6 Å². The lowest BCUT2D eigenvalue weighted by atomic mass is 10.1. The smallest absolute Gasteiger partial charge is 0.256 e. The summed E-state index contributed by atoms with van der Waals surface area (Å²) in [6, 6.07) is 13.5. The molecule has 0 radical (unpaired) electrons. The van der Waals surface area contributed by atoms with E-state index in [2.05, 4.69) is 16.0 Å². The van der Waals surface area contributed by atoms with E-state index in [4.69, 9.17) is 5.73 Å². The molecule has 0 bridgehead atoms. The Morgan fingerprint density at radius 1 is 0.966 bits per heavy atom. The summed E-state index contributed by atoms with van der Waals surface area (Å²) in [5.41, 5.74) is 8.03. The molecule has 2 aromatic carbocycles. The number of rotatable bonds is 7. The van der Waals surface area contributed by atoms with Gasteiger partial charge in [-0.2, -0.15) is 0 Å². The molecule has 1 atom stereocenters. The summed E-state index contributed by atoms with van der Waals surface area (Å²) >= 11 is 0. The van der Waals surface area contributed by atoms with Crippen LogP contribution in [0.3, 0.4) is 0 Å². The number of hydrogen-bond acceptors (Lipinski definition) is 4. The molecule has 2 aromatic rings. The maximum absolute atomic E-state index is 12.5. The Hall–Kier alpha value is -2.90. The van der Waals surface area contributed by atoms with Crippen molar-refractivity contribution in [3.8, 4) is 0 Å². The molecule has 2 rings (SSSR count). The second-order valence-corrected chi connectivity index (χ2v) is 6.83. The van der Waals surface area contributed by atoms with Crippen molar-refractivity contribution in [1.82, 2.24) is 5.32 Å². The fraction of sp³-hybridized carbons (Fsp3) is 0.286. The lowest BCUT2D eigenvalue weighted by Crippen LogP contribution is -2.46. The fourth-order valence-electron chi connectivity index (χ4n) is 2.52. The second kappa shape index (κ2) is 11.2. The van der Waals surface area contributed by atoms with Crippen LogP contribution in [-0.2, 0) is 9.59 Å². The van der Waals surface area contributed by atoms with Gasteiger partial charge in [-0.05, 0) is 42.7 Å². The quantitative estimate of drug-likeness (QED) is 0.553. The number of carbonyl (C=O) groups excluding carboxylic acids is 3. The highest BCUT2D eigenvalue weighted by Gasteiger charge is 2.18. The monoisotopic (exact) mass is 418 g/mol. The van der Waals surface area contributed by atoms with Gasteiger partial charge in [-0.1, -0.05) is 38.1 Å². The molecule has 0 spiro atoms. The zero-order chi connectivity index (χ0) is 20.7. The van der Waals surface area contributed by atoms with Gasteiger partial charge in [-0.15, -0.1) is 12.4 Å². The predicted molar refractivity (Wildman–Crippen MR) is 117 cm³/mol. The van der Waals surface area contributed by atoms with E-state index in [1.165, 1.54) is 0 Å². The summed E-state index contributed by atoms with van der Waals surface area (Å²) in [5.74, 6) is -1.06. The van der Waals surface area contributed by atoms with Crippen molar-refractivity contribution < 1.29 is 14.4 Å². The van der Waals surface area contributed by atoms with Gasteiger partial charge in [0.25, 0.3) is 5.91 Å². The van der Waals surface area contributed by atoms with Crippen LogP contribution in [0, 0.1) is 12.8 Å². The van der Waals surface area contributed by atoms with E-state index in [1.807, 2.05) is 32.0 Å². The van der Waals surface area contributed by atoms with Gasteiger partial charge in [0.2, 0.25) is 11.8 Å². The molecule has 0 aliphatic rings. The highest BCUT2D eigenvalue weighted by atomic mass is 35.5. The lowest BCUT2D eigenvalue weighted by molar-refractivity contribution is -0.125. The minimum absolute atomic E-state index is 0. The molecule has 7 nitrogen and oxygen atoms in total. The first-order valence-corrected chi connectivity index (χ1v) is 9.08. The van der Waals surface area contributed by atoms with Crippen LogP contribution in [0.4, 0.5) is 11.4 Å². The van der Waals surface area contributed by atoms with Gasteiger partial charge in [-0.3, -0.25) is 14.4 Å². The number of nitrogens with two attached hydrogens (primary N) is 1. The van der Waals surface area contributed by atoms with Crippen molar-refractivity contribution in [2.45, 2.75) is 26.8 Å². The van der Waals surface area contributed by atoms with Crippen molar-refractivity contribution >= 4 is 41.5 Å². The number of amides is 3. The van der Waals surface area contributed by atoms with E-state index in [-0.39, 0.29) is 36.7 Å². The van der Waals surface area contributed by atoms with E-state index >= 15 is 0 Å². The average Bonchev–Trinajstić information content (AvgIpc) is 2.67. The number of anilines is 2. The van der Waals surface area contributed by atoms with Crippen molar-refractivity contribution in [3.05, 3.63) is 59.7 Å². The zero-order valence-corrected chi connectivity index (χ0v) is 17.5. The van der Waals surface area contributed by atoms with Crippen LogP contribution >= 0.6 is 12.4 Å². The first-order valence-electron chi connectivity index (χ1n) is 9.08. The van der Waals surface area contributed by atoms with Gasteiger partial charge in [0, 0.05) is 16.9 Å². The molecule has 0 aliphatic carbocycles. The molecule has 5 N–H and O–H groups in total. The lowest BCUT2D eigenvalue weighted by Gasteiger charge is -2.16. The third kappa shape index (κ3) is 6.89. The van der Waals surface area contributed by atoms with Crippen molar-refractivity contribution in [2.24, 2.45) is 11.7 Å². The Bertz CT molecular complexity index is 856. The minimum atomic E-state index is -0.667. The van der Waals surface area contributed by atoms with Gasteiger partial charge >= 0.3 is 0 Å². The molecule has 8 heteroatoms. The first-order chi connectivity index (χ1) is 13.3. The molecule has 0 saturated carbocycles. The molecule has 0 unspecified atom stereocenters. The topological polar surface area (TPSA) is 113 Å². The summed E-state index contributed by atoms with van der Waals surface area (Å²) in [6.45, 7) is 5.22. The molecule has 3 amide bonds. The molecule has 29 heavy (non-hydrogen) atoms. The van der Waals surface area contributed by atoms with E-state index in [0.29, 0.717) is 22.5 Å². The normalized spacial score (nSPS) is 11.2. The van der Waals surface area contributed by atoms with Crippen molar-refractivity contribution in [2.75, 3.05) is 17.2 Å². The van der Waals surface area contributed by atoms with E-state index in [1.54, 1.807) is 37.3 Å². The van der Waals surface area contributed by atoms with Gasteiger partial charge in [0.1, 0.15) is 0 Å². The molecular weight excluding hydrogens is 392 g/mol. The molecule has 0 fully saturated rings. The summed E-state index contributed by atoms with van der Waals surface area (Å²) in [4.78, 5) is 36.6. The fourth-order valence-corrected chi connectivity index (χ4v) is 2.52. The number of hydrogen-bond donors (Lipinski definition) is 4. The number of nitrogens with one attached hydrogen (secondary N) is 3. The average molecular weight is 419 g/mol. The predicted octanol–water partition coefficient (Wildman–Crippen LogP) is 2.71. The highest BCUT2D eigenvalue weighted by molar-refractivity contribution is 6.07. The van der Waals surface area contributed by atoms with E-state index < -0.39 is 11.9 Å². The number of para-hydroxylation sites is 1. The Kier molecular flexibility index (Phi) is 9.31. The Morgan fingerprint density at radius 3 is 2.24 bits per heavy atom. The standard InChI is InChI=1S/C21H26N4O3.ClH/c1-13(2)19(22)21(28)23-12-18(26)25-17-11-7-10-16(14(17)3)20(27)24-15-8-5-4-6-9-15;/h4-11,13,19H,12,22H2,1-3H3,(H,23,28)(H,24,27)(H,25,26);1H/t19-;/m0./s1.